The van der Waals surface area contributed by atoms with E-state index in [9.17, 15) is 8.42 Å². The van der Waals surface area contributed by atoms with Crippen LogP contribution in [0.3, 0.4) is 0 Å². The van der Waals surface area contributed by atoms with Crippen LogP contribution in [0.1, 0.15) is 20.3 Å². The minimum absolute atomic E-state index is 0.179. The van der Waals surface area contributed by atoms with Gasteiger partial charge >= 0.3 is 0 Å². The lowest BCUT2D eigenvalue weighted by Crippen LogP contribution is -2.35. The monoisotopic (exact) mass is 289 g/mol. The average Bonchev–Trinajstić information content (AvgIpc) is 2.71. The number of aryl methyl sites for hydroxylation is 1. The van der Waals surface area contributed by atoms with Gasteiger partial charge in [0.05, 0.1) is 6.20 Å². The molecule has 1 aromatic rings. The second-order valence-electron chi connectivity index (χ2n) is 4.89. The normalized spacial score (nSPS) is 12.5. The van der Waals surface area contributed by atoms with Crippen LogP contribution in [0.4, 0.5) is 0 Å². The van der Waals surface area contributed by atoms with Crippen LogP contribution in [0.2, 0.25) is 0 Å². The van der Waals surface area contributed by atoms with E-state index in [0.717, 1.165) is 13.0 Å². The van der Waals surface area contributed by atoms with Crippen LogP contribution in [-0.2, 0) is 16.6 Å². The highest BCUT2D eigenvalue weighted by atomic mass is 32.2. The molecule has 1 rings (SSSR count). The Morgan fingerprint density at radius 2 is 2.11 bits per heavy atom. The van der Waals surface area contributed by atoms with Crippen molar-refractivity contribution in [2.24, 2.45) is 0 Å². The van der Waals surface area contributed by atoms with Crippen molar-refractivity contribution in [2.45, 2.75) is 37.8 Å². The van der Waals surface area contributed by atoms with Crippen LogP contribution in [0, 0.1) is 0 Å². The van der Waals surface area contributed by atoms with Crippen molar-refractivity contribution >= 4 is 10.0 Å². The molecule has 2 N–H and O–H groups in total. The molecule has 0 atom stereocenters. The van der Waals surface area contributed by atoms with Crippen molar-refractivity contribution in [3.8, 4) is 0 Å². The molecule has 0 aromatic carbocycles. The van der Waals surface area contributed by atoms with Gasteiger partial charge in [0, 0.05) is 32.9 Å². The highest BCUT2D eigenvalue weighted by Crippen LogP contribution is 2.07. The molecule has 0 spiro atoms. The number of nitrogens with zero attached hydrogens (tertiary/aromatic N) is 3. The van der Waals surface area contributed by atoms with Gasteiger partial charge in [-0.25, -0.2) is 13.4 Å². The molecule has 0 saturated heterocycles. The Kier molecular flexibility index (Phi) is 5.92. The second-order valence-corrected chi connectivity index (χ2v) is 6.55. The first-order valence-electron chi connectivity index (χ1n) is 6.27. The smallest absolute Gasteiger partial charge is 0.256 e. The summed E-state index contributed by atoms with van der Waals surface area (Å²) in [5, 5.41) is 8.75. The van der Waals surface area contributed by atoms with E-state index in [1.54, 1.807) is 25.0 Å². The summed E-state index contributed by atoms with van der Waals surface area (Å²) in [4.78, 5) is 2.55. The van der Waals surface area contributed by atoms with Crippen LogP contribution in [0.25, 0.3) is 0 Å². The molecule has 0 saturated carbocycles. The second kappa shape index (κ2) is 6.99. The Morgan fingerprint density at radius 3 is 2.68 bits per heavy atom. The van der Waals surface area contributed by atoms with E-state index in [2.05, 4.69) is 29.1 Å². The van der Waals surface area contributed by atoms with Crippen molar-refractivity contribution in [1.82, 2.24) is 24.9 Å². The average molecular weight is 289 g/mol. The molecule has 0 aliphatic heterocycles. The van der Waals surface area contributed by atoms with E-state index in [1.807, 2.05) is 0 Å². The molecule has 0 aliphatic rings. The van der Waals surface area contributed by atoms with Gasteiger partial charge in [-0.1, -0.05) is 13.8 Å². The zero-order chi connectivity index (χ0) is 14.5. The van der Waals surface area contributed by atoms with Gasteiger partial charge in [0.2, 0.25) is 0 Å². The maximum atomic E-state index is 11.9. The Labute approximate surface area is 115 Å². The molecule has 0 aliphatic carbocycles. The molecular weight excluding hydrogens is 266 g/mol. The highest BCUT2D eigenvalue weighted by molar-refractivity contribution is 7.89. The molecule has 1 aromatic heterocycles. The first kappa shape index (κ1) is 16.1. The van der Waals surface area contributed by atoms with E-state index in [0.29, 0.717) is 12.6 Å². The Balaban J connectivity index is 2.53. The number of rotatable bonds is 8. The van der Waals surface area contributed by atoms with Gasteiger partial charge in [-0.2, -0.15) is 5.10 Å². The molecule has 7 nitrogen and oxygen atoms in total. The van der Waals surface area contributed by atoms with Gasteiger partial charge in [0.1, 0.15) is 4.90 Å². The largest absolute Gasteiger partial charge is 0.314 e. The van der Waals surface area contributed by atoms with Crippen LogP contribution < -0.4 is 10.1 Å². The van der Waals surface area contributed by atoms with Gasteiger partial charge in [-0.05, 0) is 13.0 Å². The minimum Gasteiger partial charge on any atom is -0.314 e. The lowest BCUT2D eigenvalue weighted by atomic mass is 10.3. The molecule has 19 heavy (non-hydrogen) atoms. The van der Waals surface area contributed by atoms with Gasteiger partial charge < -0.3 is 5.32 Å². The number of sulfonamides is 1. The fourth-order valence-electron chi connectivity index (χ4n) is 1.53. The predicted octanol–water partition coefficient (Wildman–Crippen LogP) is 0.0261. The Morgan fingerprint density at radius 1 is 1.42 bits per heavy atom. The lowest BCUT2D eigenvalue weighted by Gasteiger charge is -2.10. The Bertz CT molecular complexity index is 481. The maximum absolute atomic E-state index is 11.9. The van der Waals surface area contributed by atoms with Crippen molar-refractivity contribution in [3.05, 3.63) is 12.4 Å². The van der Waals surface area contributed by atoms with E-state index in [-0.39, 0.29) is 4.90 Å². The summed E-state index contributed by atoms with van der Waals surface area (Å²) in [6.07, 6.45) is 3.81. The van der Waals surface area contributed by atoms with Crippen LogP contribution >= 0.6 is 0 Å². The summed E-state index contributed by atoms with van der Waals surface area (Å²) >= 11 is 0. The number of hydrogen-bond acceptors (Lipinski definition) is 5. The summed E-state index contributed by atoms with van der Waals surface area (Å²) < 4.78 is 25.4. The van der Waals surface area contributed by atoms with E-state index < -0.39 is 10.0 Å². The summed E-state index contributed by atoms with van der Waals surface area (Å²) in [7, 11) is -0.257. The van der Waals surface area contributed by atoms with Gasteiger partial charge in [0.15, 0.2) is 0 Å². The SMILES string of the molecule is CC(C)NCCCn1cc(S(=O)(=O)NN(C)C)cn1. The van der Waals surface area contributed by atoms with Crippen molar-refractivity contribution in [1.29, 1.82) is 0 Å². The number of hydrogen-bond donors (Lipinski definition) is 2. The Hall–Kier alpha value is -0.960. The third-order valence-corrected chi connectivity index (χ3v) is 3.78. The van der Waals surface area contributed by atoms with Gasteiger partial charge in [-0.3, -0.25) is 4.68 Å². The number of aromatic nitrogens is 2. The summed E-state index contributed by atoms with van der Waals surface area (Å²) in [5.74, 6) is 0. The fourth-order valence-corrected chi connectivity index (χ4v) is 2.56. The third kappa shape index (κ3) is 5.68. The van der Waals surface area contributed by atoms with E-state index in [1.165, 1.54) is 11.2 Å². The minimum atomic E-state index is -3.51. The topological polar surface area (TPSA) is 79.3 Å². The van der Waals surface area contributed by atoms with Crippen molar-refractivity contribution in [2.75, 3.05) is 20.6 Å². The van der Waals surface area contributed by atoms with Crippen LogP contribution in [-0.4, -0.2) is 49.9 Å². The van der Waals surface area contributed by atoms with Crippen molar-refractivity contribution in [3.63, 3.8) is 0 Å². The fraction of sp³-hybridized carbons (Fsp3) is 0.727. The first-order chi connectivity index (χ1) is 8.81. The summed E-state index contributed by atoms with van der Waals surface area (Å²) in [5.41, 5.74) is 0. The standard InChI is InChI=1S/C11H23N5O2S/c1-10(2)12-6-5-7-16-9-11(8-13-16)19(17,18)14-15(3)4/h8-10,12,14H,5-7H2,1-4H3. The molecule has 110 valence electrons. The molecule has 0 unspecified atom stereocenters. The lowest BCUT2D eigenvalue weighted by molar-refractivity contribution is 0.364. The molecule has 8 heteroatoms. The quantitative estimate of drug-likeness (QED) is 0.521. The first-order valence-corrected chi connectivity index (χ1v) is 7.75. The molecule has 0 fully saturated rings. The molecule has 0 radical (unpaired) electrons. The molecule has 0 amide bonds. The van der Waals surface area contributed by atoms with Crippen LogP contribution in [0.5, 0.6) is 0 Å². The van der Waals surface area contributed by atoms with Gasteiger partial charge in [0.25, 0.3) is 10.0 Å². The zero-order valence-corrected chi connectivity index (χ0v) is 12.7. The predicted molar refractivity (Wildman–Crippen MR) is 74.0 cm³/mol. The number of nitrogens with one attached hydrogen (secondary N) is 2. The molecule has 0 bridgehead atoms. The highest BCUT2D eigenvalue weighted by Gasteiger charge is 2.16. The molecule has 1 heterocycles. The summed E-state index contributed by atoms with van der Waals surface area (Å²) in [6, 6.07) is 0.456. The van der Waals surface area contributed by atoms with Crippen LogP contribution in [0.15, 0.2) is 17.3 Å². The number of hydrazine groups is 1. The zero-order valence-electron chi connectivity index (χ0n) is 11.9. The van der Waals surface area contributed by atoms with Gasteiger partial charge in [-0.15, -0.1) is 4.83 Å². The van der Waals surface area contributed by atoms with E-state index in [4.69, 9.17) is 0 Å². The van der Waals surface area contributed by atoms with E-state index >= 15 is 0 Å². The third-order valence-electron chi connectivity index (χ3n) is 2.34. The van der Waals surface area contributed by atoms with Crippen molar-refractivity contribution < 1.29 is 8.42 Å². The maximum Gasteiger partial charge on any atom is 0.256 e. The summed E-state index contributed by atoms with van der Waals surface area (Å²) in [6.45, 7) is 5.75. The molecular formula is C11H23N5O2S.